The monoisotopic (exact) mass is 239 g/mol. The first-order valence-electron chi connectivity index (χ1n) is 5.56. The summed E-state index contributed by atoms with van der Waals surface area (Å²) in [7, 11) is 3.16. The highest BCUT2D eigenvalue weighted by Crippen LogP contribution is 2.36. The molecule has 0 aliphatic rings. The van der Waals surface area contributed by atoms with Crippen LogP contribution >= 0.6 is 0 Å². The lowest BCUT2D eigenvalue weighted by Crippen LogP contribution is -2.15. The van der Waals surface area contributed by atoms with Crippen molar-refractivity contribution in [2.24, 2.45) is 0 Å². The summed E-state index contributed by atoms with van der Waals surface area (Å²) in [5.41, 5.74) is 4.21. The molecule has 1 rings (SSSR count). The predicted octanol–water partition coefficient (Wildman–Crippen LogP) is 2.35. The molecule has 0 saturated heterocycles. The number of benzene rings is 1. The minimum atomic E-state index is -0.138. The van der Waals surface area contributed by atoms with Crippen molar-refractivity contribution in [3.63, 3.8) is 0 Å². The van der Waals surface area contributed by atoms with Crippen molar-refractivity contribution in [2.75, 3.05) is 14.2 Å². The largest absolute Gasteiger partial charge is 0.507 e. The standard InChI is InChI=1S/C13H21NO3/c1-13(2,3)11-7-10(16-4)6-9(12(11)15)8-14-17-5/h6-7,14-15H,8H2,1-5H3. The van der Waals surface area contributed by atoms with E-state index in [-0.39, 0.29) is 5.41 Å². The van der Waals surface area contributed by atoms with Crippen LogP contribution in [-0.2, 0) is 16.8 Å². The van der Waals surface area contributed by atoms with Crippen LogP contribution in [0.15, 0.2) is 12.1 Å². The summed E-state index contributed by atoms with van der Waals surface area (Å²) >= 11 is 0. The van der Waals surface area contributed by atoms with Crippen LogP contribution in [0, 0.1) is 0 Å². The second kappa shape index (κ2) is 5.38. The number of hydroxylamine groups is 1. The number of rotatable bonds is 4. The fourth-order valence-corrected chi connectivity index (χ4v) is 1.64. The molecule has 1 aromatic rings. The number of phenols is 1. The fraction of sp³-hybridized carbons (Fsp3) is 0.538. The molecule has 0 aliphatic carbocycles. The van der Waals surface area contributed by atoms with E-state index in [4.69, 9.17) is 9.57 Å². The van der Waals surface area contributed by atoms with Crippen molar-refractivity contribution in [1.82, 2.24) is 5.48 Å². The maximum atomic E-state index is 10.2. The van der Waals surface area contributed by atoms with Crippen LogP contribution in [0.1, 0.15) is 31.9 Å². The second-order valence-electron chi connectivity index (χ2n) is 4.96. The van der Waals surface area contributed by atoms with Crippen LogP contribution in [-0.4, -0.2) is 19.3 Å². The van der Waals surface area contributed by atoms with Gasteiger partial charge in [0.15, 0.2) is 0 Å². The Morgan fingerprint density at radius 1 is 1.24 bits per heavy atom. The van der Waals surface area contributed by atoms with Gasteiger partial charge in [-0.25, -0.2) is 0 Å². The zero-order valence-electron chi connectivity index (χ0n) is 11.1. The van der Waals surface area contributed by atoms with Gasteiger partial charge in [-0.2, -0.15) is 5.48 Å². The Morgan fingerprint density at radius 2 is 1.88 bits per heavy atom. The maximum absolute atomic E-state index is 10.2. The highest BCUT2D eigenvalue weighted by molar-refractivity contribution is 5.49. The SMILES string of the molecule is CONCc1cc(OC)cc(C(C)(C)C)c1O. The Hall–Kier alpha value is -1.26. The molecule has 0 bridgehead atoms. The van der Waals surface area contributed by atoms with E-state index >= 15 is 0 Å². The molecule has 0 fully saturated rings. The van der Waals surface area contributed by atoms with Crippen LogP contribution in [0.2, 0.25) is 0 Å². The van der Waals surface area contributed by atoms with Crippen LogP contribution in [0.5, 0.6) is 11.5 Å². The first kappa shape index (κ1) is 13.8. The van der Waals surface area contributed by atoms with Gasteiger partial charge in [0.25, 0.3) is 0 Å². The topological polar surface area (TPSA) is 50.7 Å². The highest BCUT2D eigenvalue weighted by Gasteiger charge is 2.21. The van der Waals surface area contributed by atoms with Crippen LogP contribution < -0.4 is 10.2 Å². The lowest BCUT2D eigenvalue weighted by Gasteiger charge is -2.23. The third-order valence-electron chi connectivity index (χ3n) is 2.61. The van der Waals surface area contributed by atoms with E-state index < -0.39 is 0 Å². The summed E-state index contributed by atoms with van der Waals surface area (Å²) in [5, 5.41) is 10.2. The van der Waals surface area contributed by atoms with E-state index in [1.807, 2.05) is 6.07 Å². The van der Waals surface area contributed by atoms with Crippen molar-refractivity contribution in [3.05, 3.63) is 23.3 Å². The Labute approximate surface area is 103 Å². The molecule has 0 saturated carbocycles. The Bertz CT molecular complexity index is 383. The number of hydrogen-bond acceptors (Lipinski definition) is 4. The van der Waals surface area contributed by atoms with Gasteiger partial charge >= 0.3 is 0 Å². The molecular formula is C13H21NO3. The molecule has 0 heterocycles. The third kappa shape index (κ3) is 3.35. The Balaban J connectivity index is 3.21. The lowest BCUT2D eigenvalue weighted by molar-refractivity contribution is 0.0860. The number of ether oxygens (including phenoxy) is 1. The second-order valence-corrected chi connectivity index (χ2v) is 4.96. The summed E-state index contributed by atoms with van der Waals surface area (Å²) < 4.78 is 5.25. The van der Waals surface area contributed by atoms with Gasteiger partial charge in [-0.3, -0.25) is 0 Å². The first-order valence-corrected chi connectivity index (χ1v) is 5.56. The molecular weight excluding hydrogens is 218 g/mol. The molecule has 4 nitrogen and oxygen atoms in total. The highest BCUT2D eigenvalue weighted by atomic mass is 16.6. The summed E-state index contributed by atoms with van der Waals surface area (Å²) in [6, 6.07) is 3.67. The molecule has 0 aromatic heterocycles. The Morgan fingerprint density at radius 3 is 2.35 bits per heavy atom. The molecule has 0 spiro atoms. The molecule has 1 aromatic carbocycles. The zero-order chi connectivity index (χ0) is 13.1. The van der Waals surface area contributed by atoms with Crippen molar-refractivity contribution in [1.29, 1.82) is 0 Å². The van der Waals surface area contributed by atoms with Gasteiger partial charge in [-0.1, -0.05) is 20.8 Å². The number of hydrogen-bond donors (Lipinski definition) is 2. The molecule has 0 atom stereocenters. The predicted molar refractivity (Wildman–Crippen MR) is 67.2 cm³/mol. The molecule has 17 heavy (non-hydrogen) atoms. The van der Waals surface area contributed by atoms with E-state index in [0.717, 1.165) is 16.9 Å². The summed E-state index contributed by atoms with van der Waals surface area (Å²) in [5.74, 6) is 1.03. The molecule has 0 aliphatic heterocycles. The molecule has 2 N–H and O–H groups in total. The van der Waals surface area contributed by atoms with Crippen molar-refractivity contribution in [3.8, 4) is 11.5 Å². The zero-order valence-corrected chi connectivity index (χ0v) is 11.1. The minimum Gasteiger partial charge on any atom is -0.507 e. The van der Waals surface area contributed by atoms with Gasteiger partial charge in [-0.15, -0.1) is 0 Å². The van der Waals surface area contributed by atoms with Crippen molar-refractivity contribution in [2.45, 2.75) is 32.7 Å². The number of aromatic hydroxyl groups is 1. The molecule has 4 heteroatoms. The van der Waals surface area contributed by atoms with Gasteiger partial charge in [0.1, 0.15) is 11.5 Å². The van der Waals surface area contributed by atoms with Crippen LogP contribution in [0.4, 0.5) is 0 Å². The average Bonchev–Trinajstić information content (AvgIpc) is 2.26. The van der Waals surface area contributed by atoms with E-state index in [9.17, 15) is 5.11 Å². The van der Waals surface area contributed by atoms with Crippen molar-refractivity contribution >= 4 is 0 Å². The van der Waals surface area contributed by atoms with E-state index in [1.54, 1.807) is 20.3 Å². The van der Waals surface area contributed by atoms with Gasteiger partial charge in [-0.05, 0) is 17.5 Å². The minimum absolute atomic E-state index is 0.138. The van der Waals surface area contributed by atoms with E-state index in [0.29, 0.717) is 12.3 Å². The average molecular weight is 239 g/mol. The normalized spacial score (nSPS) is 11.6. The molecule has 0 radical (unpaired) electrons. The Kier molecular flexibility index (Phi) is 4.37. The van der Waals surface area contributed by atoms with Gasteiger partial charge in [0, 0.05) is 17.7 Å². The molecule has 96 valence electrons. The van der Waals surface area contributed by atoms with Gasteiger partial charge < -0.3 is 14.7 Å². The smallest absolute Gasteiger partial charge is 0.124 e. The summed E-state index contributed by atoms with van der Waals surface area (Å²) in [6.45, 7) is 6.59. The molecule has 0 amide bonds. The fourth-order valence-electron chi connectivity index (χ4n) is 1.64. The molecule has 0 unspecified atom stereocenters. The van der Waals surface area contributed by atoms with E-state index in [2.05, 4.69) is 26.3 Å². The number of phenolic OH excluding ortho intramolecular Hbond substituents is 1. The van der Waals surface area contributed by atoms with Crippen LogP contribution in [0.3, 0.4) is 0 Å². The van der Waals surface area contributed by atoms with Gasteiger partial charge in [0.05, 0.1) is 14.2 Å². The third-order valence-corrected chi connectivity index (χ3v) is 2.61. The number of nitrogens with one attached hydrogen (secondary N) is 1. The van der Waals surface area contributed by atoms with Gasteiger partial charge in [0.2, 0.25) is 0 Å². The van der Waals surface area contributed by atoms with E-state index in [1.165, 1.54) is 0 Å². The quantitative estimate of drug-likeness (QED) is 0.792. The van der Waals surface area contributed by atoms with Crippen LogP contribution in [0.25, 0.3) is 0 Å². The first-order chi connectivity index (χ1) is 7.90. The van der Waals surface area contributed by atoms with Crippen molar-refractivity contribution < 1.29 is 14.7 Å². The maximum Gasteiger partial charge on any atom is 0.124 e. The summed E-state index contributed by atoms with van der Waals surface area (Å²) in [6.07, 6.45) is 0. The number of methoxy groups -OCH3 is 1. The lowest BCUT2D eigenvalue weighted by atomic mass is 9.85. The summed E-state index contributed by atoms with van der Waals surface area (Å²) in [4.78, 5) is 4.80.